The molecular weight excluding hydrogens is 332 g/mol. The lowest BCUT2D eigenvalue weighted by Gasteiger charge is -2.27. The Hall–Kier alpha value is -2.64. The summed E-state index contributed by atoms with van der Waals surface area (Å²) in [6.45, 7) is 8.01. The molecule has 4 rings (SSSR count). The second kappa shape index (κ2) is 7.54. The van der Waals surface area contributed by atoms with Crippen LogP contribution in [-0.4, -0.2) is 27.5 Å². The molecule has 0 atom stereocenters. The molecule has 0 aliphatic carbocycles. The van der Waals surface area contributed by atoms with Crippen LogP contribution in [0.3, 0.4) is 0 Å². The van der Waals surface area contributed by atoms with Gasteiger partial charge in [-0.15, -0.1) is 0 Å². The lowest BCUT2D eigenvalue weighted by atomic mass is 10.0. The number of nitrogens with zero attached hydrogens (tertiary/aromatic N) is 4. The van der Waals surface area contributed by atoms with E-state index in [-0.39, 0.29) is 0 Å². The molecule has 27 heavy (non-hydrogen) atoms. The molecule has 1 aliphatic heterocycles. The molecule has 0 unspecified atom stereocenters. The van der Waals surface area contributed by atoms with Crippen LogP contribution in [0.15, 0.2) is 36.5 Å². The molecule has 4 heteroatoms. The predicted molar refractivity (Wildman–Crippen MR) is 109 cm³/mol. The van der Waals surface area contributed by atoms with Crippen molar-refractivity contribution in [2.24, 2.45) is 0 Å². The molecule has 138 valence electrons. The second-order valence-electron chi connectivity index (χ2n) is 7.59. The van der Waals surface area contributed by atoms with Gasteiger partial charge in [0.1, 0.15) is 0 Å². The van der Waals surface area contributed by atoms with Crippen LogP contribution in [0.4, 0.5) is 0 Å². The van der Waals surface area contributed by atoms with Gasteiger partial charge in [-0.1, -0.05) is 17.7 Å². The van der Waals surface area contributed by atoms with E-state index < -0.39 is 0 Å². The molecule has 1 aliphatic rings. The summed E-state index contributed by atoms with van der Waals surface area (Å²) < 4.78 is 2.50. The number of benzene rings is 1. The lowest BCUT2D eigenvalue weighted by Crippen LogP contribution is -2.32. The molecule has 0 spiro atoms. The maximum Gasteiger partial charge on any atom is 0.0635 e. The van der Waals surface area contributed by atoms with Gasteiger partial charge in [0.25, 0.3) is 0 Å². The van der Waals surface area contributed by atoms with Crippen LogP contribution >= 0.6 is 0 Å². The van der Waals surface area contributed by atoms with Gasteiger partial charge >= 0.3 is 0 Å². The highest BCUT2D eigenvalue weighted by atomic mass is 15.2. The molecular formula is C23H26N4. The number of hydrogen-bond donors (Lipinski definition) is 0. The van der Waals surface area contributed by atoms with Crippen molar-refractivity contribution in [1.29, 1.82) is 5.26 Å². The SMILES string of the molecule is Cc1ccc2c(c1)c1c(n2CCc2ccc(C)nc2)CN(CCC#N)CC1. The highest BCUT2D eigenvalue weighted by Gasteiger charge is 2.23. The Morgan fingerprint density at radius 2 is 2.04 bits per heavy atom. The minimum atomic E-state index is 0.601. The van der Waals surface area contributed by atoms with E-state index in [0.29, 0.717) is 6.42 Å². The van der Waals surface area contributed by atoms with Gasteiger partial charge in [0.05, 0.1) is 6.07 Å². The fourth-order valence-electron chi connectivity index (χ4n) is 4.15. The Kier molecular flexibility index (Phi) is 4.96. The molecule has 0 N–H and O–H groups in total. The van der Waals surface area contributed by atoms with Crippen molar-refractivity contribution >= 4 is 10.9 Å². The van der Waals surface area contributed by atoms with E-state index in [4.69, 9.17) is 5.26 Å². The molecule has 1 aromatic carbocycles. The minimum absolute atomic E-state index is 0.601. The first-order chi connectivity index (χ1) is 13.2. The summed E-state index contributed by atoms with van der Waals surface area (Å²) in [6, 6.07) is 13.4. The van der Waals surface area contributed by atoms with Crippen molar-refractivity contribution in [2.45, 2.75) is 46.2 Å². The largest absolute Gasteiger partial charge is 0.343 e. The third kappa shape index (κ3) is 3.61. The van der Waals surface area contributed by atoms with Gasteiger partial charge in [0.2, 0.25) is 0 Å². The van der Waals surface area contributed by atoms with Crippen LogP contribution in [0.25, 0.3) is 10.9 Å². The number of pyridine rings is 1. The summed E-state index contributed by atoms with van der Waals surface area (Å²) in [5.74, 6) is 0. The van der Waals surface area contributed by atoms with Gasteiger partial charge in [-0.2, -0.15) is 5.26 Å². The monoisotopic (exact) mass is 358 g/mol. The van der Waals surface area contributed by atoms with Crippen LogP contribution in [0.5, 0.6) is 0 Å². The standard InChI is InChI=1S/C23H26N4/c1-17-4-7-22-21(14-17)20-9-12-26(11-3-10-24)16-23(20)27(22)13-8-19-6-5-18(2)25-15-19/h4-7,14-15H,3,8-9,11-13,16H2,1-2H3. The molecule has 0 saturated heterocycles. The first kappa shape index (κ1) is 17.8. The predicted octanol–water partition coefficient (Wildman–Crippen LogP) is 4.17. The van der Waals surface area contributed by atoms with Gasteiger partial charge in [0, 0.05) is 61.1 Å². The van der Waals surface area contributed by atoms with Crippen LogP contribution < -0.4 is 0 Å². The van der Waals surface area contributed by atoms with Crippen molar-refractivity contribution in [1.82, 2.24) is 14.5 Å². The van der Waals surface area contributed by atoms with Gasteiger partial charge in [-0.3, -0.25) is 9.88 Å². The molecule has 0 bridgehead atoms. The van der Waals surface area contributed by atoms with E-state index in [1.807, 2.05) is 13.1 Å². The summed E-state index contributed by atoms with van der Waals surface area (Å²) in [7, 11) is 0. The highest BCUT2D eigenvalue weighted by Crippen LogP contribution is 2.32. The van der Waals surface area contributed by atoms with E-state index in [0.717, 1.165) is 44.7 Å². The van der Waals surface area contributed by atoms with Gasteiger partial charge in [-0.25, -0.2) is 0 Å². The van der Waals surface area contributed by atoms with Crippen LogP contribution in [0, 0.1) is 25.2 Å². The normalized spacial score (nSPS) is 14.3. The summed E-state index contributed by atoms with van der Waals surface area (Å²) in [4.78, 5) is 6.86. The summed E-state index contributed by atoms with van der Waals surface area (Å²) in [5, 5.41) is 10.3. The number of hydrogen-bond acceptors (Lipinski definition) is 3. The smallest absolute Gasteiger partial charge is 0.0635 e. The van der Waals surface area contributed by atoms with Crippen molar-refractivity contribution in [3.8, 4) is 6.07 Å². The fourth-order valence-corrected chi connectivity index (χ4v) is 4.15. The third-order valence-corrected chi connectivity index (χ3v) is 5.63. The molecule has 2 aromatic heterocycles. The van der Waals surface area contributed by atoms with Gasteiger partial charge < -0.3 is 4.57 Å². The van der Waals surface area contributed by atoms with E-state index in [2.05, 4.69) is 57.8 Å². The average Bonchev–Trinajstić information content (AvgIpc) is 2.98. The molecule has 4 nitrogen and oxygen atoms in total. The number of fused-ring (bicyclic) bond motifs is 3. The quantitative estimate of drug-likeness (QED) is 0.688. The van der Waals surface area contributed by atoms with Gasteiger partial charge in [0.15, 0.2) is 0 Å². The Balaban J connectivity index is 1.68. The second-order valence-corrected chi connectivity index (χ2v) is 7.59. The summed E-state index contributed by atoms with van der Waals surface area (Å²) in [5.41, 5.74) is 7.93. The molecule has 3 heterocycles. The van der Waals surface area contributed by atoms with E-state index >= 15 is 0 Å². The Morgan fingerprint density at radius 1 is 1.15 bits per heavy atom. The van der Waals surface area contributed by atoms with E-state index in [1.165, 1.54) is 33.3 Å². The average molecular weight is 358 g/mol. The summed E-state index contributed by atoms with van der Waals surface area (Å²) >= 11 is 0. The fraction of sp³-hybridized carbons (Fsp3) is 0.391. The Bertz CT molecular complexity index is 992. The minimum Gasteiger partial charge on any atom is -0.343 e. The zero-order valence-corrected chi connectivity index (χ0v) is 16.2. The summed E-state index contributed by atoms with van der Waals surface area (Å²) in [6.07, 6.45) is 4.65. The van der Waals surface area contributed by atoms with Crippen molar-refractivity contribution in [2.75, 3.05) is 13.1 Å². The van der Waals surface area contributed by atoms with E-state index in [1.54, 1.807) is 0 Å². The topological polar surface area (TPSA) is 44.9 Å². The zero-order chi connectivity index (χ0) is 18.8. The molecule has 0 amide bonds. The first-order valence-electron chi connectivity index (χ1n) is 9.77. The molecule has 0 radical (unpaired) electrons. The number of nitriles is 1. The third-order valence-electron chi connectivity index (χ3n) is 5.63. The van der Waals surface area contributed by atoms with Crippen LogP contribution in [-0.2, 0) is 25.9 Å². The van der Waals surface area contributed by atoms with Crippen molar-refractivity contribution in [3.05, 3.63) is 64.6 Å². The number of aromatic nitrogens is 2. The Labute approximate surface area is 161 Å². The van der Waals surface area contributed by atoms with E-state index in [9.17, 15) is 0 Å². The number of aryl methyl sites for hydroxylation is 4. The highest BCUT2D eigenvalue weighted by molar-refractivity contribution is 5.86. The lowest BCUT2D eigenvalue weighted by molar-refractivity contribution is 0.253. The zero-order valence-electron chi connectivity index (χ0n) is 16.2. The molecule has 0 fully saturated rings. The molecule has 0 saturated carbocycles. The van der Waals surface area contributed by atoms with Crippen LogP contribution in [0.2, 0.25) is 0 Å². The van der Waals surface area contributed by atoms with Crippen molar-refractivity contribution < 1.29 is 0 Å². The van der Waals surface area contributed by atoms with Gasteiger partial charge in [-0.05, 0) is 56.0 Å². The molecule has 3 aromatic rings. The van der Waals surface area contributed by atoms with Crippen molar-refractivity contribution in [3.63, 3.8) is 0 Å². The number of rotatable bonds is 5. The Morgan fingerprint density at radius 3 is 2.81 bits per heavy atom. The first-order valence-corrected chi connectivity index (χ1v) is 9.77. The van der Waals surface area contributed by atoms with Crippen LogP contribution in [0.1, 0.15) is 34.5 Å². The maximum absolute atomic E-state index is 8.93. The maximum atomic E-state index is 8.93.